The molecule has 0 radical (unpaired) electrons. The van der Waals surface area contributed by atoms with Gasteiger partial charge in [0.1, 0.15) is 9.92 Å². The van der Waals surface area contributed by atoms with Gasteiger partial charge in [0.05, 0.1) is 0 Å². The van der Waals surface area contributed by atoms with Gasteiger partial charge >= 0.3 is 6.09 Å². The van der Waals surface area contributed by atoms with Gasteiger partial charge in [-0.15, -0.1) is 12.6 Å². The van der Waals surface area contributed by atoms with Crippen LogP contribution in [-0.4, -0.2) is 40.0 Å². The minimum Gasteiger partial charge on any atom is -0.444 e. The van der Waals surface area contributed by atoms with E-state index in [1.807, 2.05) is 25.7 Å². The number of carbonyl (C=O) groups excluding carboxylic acids is 1. The molecule has 1 amide bonds. The standard InChI is InChI=1S/C11H20N2O2S2/c1-11(2,3)15-9(14)12-8-5-4-6-13(7-8)10(16)17/h8H,4-7H2,1-3H3,(H,12,14)(H,16,17)/t8-/m0/s1. The Kier molecular flexibility index (Phi) is 5.06. The number of hydrogen-bond acceptors (Lipinski definition) is 3. The molecular weight excluding hydrogens is 256 g/mol. The van der Waals surface area contributed by atoms with Gasteiger partial charge in [-0.2, -0.15) is 0 Å². The molecule has 0 aromatic carbocycles. The number of nitrogens with zero attached hydrogens (tertiary/aromatic N) is 1. The Morgan fingerprint density at radius 2 is 2.18 bits per heavy atom. The van der Waals surface area contributed by atoms with Crippen molar-refractivity contribution in [2.24, 2.45) is 0 Å². The molecule has 1 aliphatic heterocycles. The molecule has 6 heteroatoms. The normalized spacial score (nSPS) is 20.9. The van der Waals surface area contributed by atoms with Gasteiger partial charge in [0.2, 0.25) is 0 Å². The van der Waals surface area contributed by atoms with Crippen LogP contribution >= 0.6 is 24.8 Å². The van der Waals surface area contributed by atoms with Gasteiger partial charge in [-0.25, -0.2) is 4.79 Å². The molecule has 0 aromatic heterocycles. The summed E-state index contributed by atoms with van der Waals surface area (Å²) in [7, 11) is 0. The van der Waals surface area contributed by atoms with Crippen molar-refractivity contribution in [1.82, 2.24) is 10.2 Å². The number of thiocarbonyl (C=S) groups is 1. The van der Waals surface area contributed by atoms with Crippen LogP contribution in [0.25, 0.3) is 0 Å². The van der Waals surface area contributed by atoms with E-state index >= 15 is 0 Å². The third-order valence-corrected chi connectivity index (χ3v) is 2.95. The van der Waals surface area contributed by atoms with Crippen molar-refractivity contribution < 1.29 is 9.53 Å². The molecule has 1 fully saturated rings. The van der Waals surface area contributed by atoms with Gasteiger partial charge in [0, 0.05) is 19.1 Å². The van der Waals surface area contributed by atoms with Crippen LogP contribution in [0.5, 0.6) is 0 Å². The summed E-state index contributed by atoms with van der Waals surface area (Å²) < 4.78 is 5.80. The van der Waals surface area contributed by atoms with Crippen molar-refractivity contribution in [3.8, 4) is 0 Å². The molecule has 0 aromatic rings. The maximum Gasteiger partial charge on any atom is 0.407 e. The number of rotatable bonds is 1. The summed E-state index contributed by atoms with van der Waals surface area (Å²) in [6, 6.07) is 0.0868. The highest BCUT2D eigenvalue weighted by molar-refractivity contribution is 8.10. The molecule has 1 heterocycles. The monoisotopic (exact) mass is 276 g/mol. The van der Waals surface area contributed by atoms with Crippen LogP contribution < -0.4 is 5.32 Å². The minimum atomic E-state index is -0.461. The number of piperidine rings is 1. The number of thiol groups is 1. The summed E-state index contributed by atoms with van der Waals surface area (Å²) in [5.74, 6) is 0. The molecular formula is C11H20N2O2S2. The number of nitrogens with one attached hydrogen (secondary N) is 1. The topological polar surface area (TPSA) is 41.6 Å². The van der Waals surface area contributed by atoms with Gasteiger partial charge < -0.3 is 15.0 Å². The summed E-state index contributed by atoms with van der Waals surface area (Å²) in [4.78, 5) is 13.6. The van der Waals surface area contributed by atoms with E-state index in [0.717, 1.165) is 19.4 Å². The second kappa shape index (κ2) is 5.91. The molecule has 1 aliphatic rings. The summed E-state index contributed by atoms with van der Waals surface area (Å²) >= 11 is 9.17. The van der Waals surface area contributed by atoms with Crippen LogP contribution in [0.3, 0.4) is 0 Å². The highest BCUT2D eigenvalue weighted by Crippen LogP contribution is 2.13. The molecule has 98 valence electrons. The fraction of sp³-hybridized carbons (Fsp3) is 0.818. The number of ether oxygens (including phenoxy) is 1. The smallest absolute Gasteiger partial charge is 0.407 e. The first-order valence-corrected chi connectivity index (χ1v) is 6.61. The Labute approximate surface area is 113 Å². The first kappa shape index (κ1) is 14.6. The third kappa shape index (κ3) is 5.59. The van der Waals surface area contributed by atoms with Crippen LogP contribution in [-0.2, 0) is 4.74 Å². The molecule has 1 N–H and O–H groups in total. The Bertz CT molecular complexity index is 302. The summed E-state index contributed by atoms with van der Waals surface area (Å²) in [5, 5.41) is 2.86. The highest BCUT2D eigenvalue weighted by atomic mass is 32.1. The SMILES string of the molecule is CC(C)(C)OC(=O)N[C@H]1CCCN(C(=S)S)C1. The number of likely N-dealkylation sites (tertiary alicyclic amines) is 1. The van der Waals surface area contributed by atoms with E-state index in [0.29, 0.717) is 10.9 Å². The third-order valence-electron chi connectivity index (χ3n) is 2.41. The number of hydrogen-bond donors (Lipinski definition) is 2. The lowest BCUT2D eigenvalue weighted by Gasteiger charge is -2.33. The zero-order valence-electron chi connectivity index (χ0n) is 10.5. The average molecular weight is 276 g/mol. The number of alkyl carbamates (subject to hydrolysis) is 1. The summed E-state index contributed by atoms with van der Waals surface area (Å²) in [6.07, 6.45) is 1.59. The van der Waals surface area contributed by atoms with Crippen LogP contribution in [0.15, 0.2) is 0 Å². The van der Waals surface area contributed by atoms with E-state index in [9.17, 15) is 4.79 Å². The quantitative estimate of drug-likeness (QED) is 0.569. The van der Waals surface area contributed by atoms with Crippen molar-refractivity contribution >= 4 is 35.3 Å². The molecule has 0 unspecified atom stereocenters. The molecule has 1 saturated heterocycles. The van der Waals surface area contributed by atoms with Crippen LogP contribution in [0.1, 0.15) is 33.6 Å². The maximum absolute atomic E-state index is 11.6. The predicted octanol–water partition coefficient (Wildman–Crippen LogP) is 2.19. The van der Waals surface area contributed by atoms with Crippen LogP contribution in [0, 0.1) is 0 Å². The van der Waals surface area contributed by atoms with E-state index in [2.05, 4.69) is 17.9 Å². The molecule has 0 saturated carbocycles. The highest BCUT2D eigenvalue weighted by Gasteiger charge is 2.24. The fourth-order valence-corrected chi connectivity index (χ4v) is 2.09. The van der Waals surface area contributed by atoms with Gasteiger partial charge in [-0.1, -0.05) is 12.2 Å². The van der Waals surface area contributed by atoms with Gasteiger partial charge in [-0.3, -0.25) is 0 Å². The van der Waals surface area contributed by atoms with E-state index in [1.165, 1.54) is 0 Å². The second-order valence-electron chi connectivity index (χ2n) is 5.21. The molecule has 0 aliphatic carbocycles. The summed E-state index contributed by atoms with van der Waals surface area (Å²) in [5.41, 5.74) is -0.461. The Morgan fingerprint density at radius 1 is 1.53 bits per heavy atom. The predicted molar refractivity (Wildman–Crippen MR) is 75.5 cm³/mol. The molecule has 1 atom stereocenters. The van der Waals surface area contributed by atoms with Crippen molar-refractivity contribution in [2.75, 3.05) is 13.1 Å². The summed E-state index contributed by atoms with van der Waals surface area (Å²) in [6.45, 7) is 7.17. The van der Waals surface area contributed by atoms with Crippen molar-refractivity contribution in [3.05, 3.63) is 0 Å². The Balaban J connectivity index is 2.41. The maximum atomic E-state index is 11.6. The van der Waals surface area contributed by atoms with Crippen LogP contribution in [0.2, 0.25) is 0 Å². The molecule has 0 bridgehead atoms. The van der Waals surface area contributed by atoms with Gasteiger partial charge in [0.15, 0.2) is 0 Å². The number of amides is 1. The van der Waals surface area contributed by atoms with Gasteiger partial charge in [-0.05, 0) is 33.6 Å². The molecule has 17 heavy (non-hydrogen) atoms. The molecule has 4 nitrogen and oxygen atoms in total. The molecule has 1 rings (SSSR count). The second-order valence-corrected chi connectivity index (χ2v) is 6.33. The van der Waals surface area contributed by atoms with Crippen molar-refractivity contribution in [1.29, 1.82) is 0 Å². The zero-order valence-corrected chi connectivity index (χ0v) is 12.2. The Hall–Kier alpha value is -0.490. The number of carbonyl (C=O) groups is 1. The van der Waals surface area contributed by atoms with Gasteiger partial charge in [0.25, 0.3) is 0 Å². The lowest BCUT2D eigenvalue weighted by Crippen LogP contribution is -2.49. The van der Waals surface area contributed by atoms with Crippen LogP contribution in [0.4, 0.5) is 4.79 Å². The minimum absolute atomic E-state index is 0.0868. The van der Waals surface area contributed by atoms with E-state index < -0.39 is 5.60 Å². The van der Waals surface area contributed by atoms with E-state index in [1.54, 1.807) is 0 Å². The lowest BCUT2D eigenvalue weighted by molar-refractivity contribution is 0.0486. The van der Waals surface area contributed by atoms with Crippen molar-refractivity contribution in [2.45, 2.75) is 45.3 Å². The fourth-order valence-electron chi connectivity index (χ4n) is 1.74. The average Bonchev–Trinajstić information content (AvgIpc) is 2.14. The van der Waals surface area contributed by atoms with E-state index in [-0.39, 0.29) is 12.1 Å². The Morgan fingerprint density at radius 3 is 2.71 bits per heavy atom. The first-order valence-electron chi connectivity index (χ1n) is 5.75. The molecule has 0 spiro atoms. The van der Waals surface area contributed by atoms with E-state index in [4.69, 9.17) is 17.0 Å². The first-order chi connectivity index (χ1) is 7.78. The lowest BCUT2D eigenvalue weighted by atomic mass is 10.1. The van der Waals surface area contributed by atoms with Crippen molar-refractivity contribution in [3.63, 3.8) is 0 Å². The zero-order chi connectivity index (χ0) is 13.1. The largest absolute Gasteiger partial charge is 0.444 e.